The van der Waals surface area contributed by atoms with Crippen molar-refractivity contribution in [2.24, 2.45) is 11.3 Å². The maximum atomic E-state index is 12.8. The standard InChI is InChI=1S/C28H35N3O6/c1-5-35-27(34)22(26(33)31-36-18-28(2,3)4)16-19-11-12-24-21(15-19)23(32)17-20(37-24)9-8-14-30-25-10-6-7-13-29-25/h6-7,10-13,15,17,22H,5,8-9,14,16,18H2,1-4H3,(H,29,30)(H,31,33)/t22-/m0/s1. The van der Waals surface area contributed by atoms with Crippen LogP contribution in [0.3, 0.4) is 0 Å². The molecule has 37 heavy (non-hydrogen) atoms. The lowest BCUT2D eigenvalue weighted by Gasteiger charge is -2.20. The summed E-state index contributed by atoms with van der Waals surface area (Å²) in [6.45, 7) is 8.69. The second kappa shape index (κ2) is 13.0. The highest BCUT2D eigenvalue weighted by Gasteiger charge is 2.29. The molecule has 0 bridgehead atoms. The van der Waals surface area contributed by atoms with Gasteiger partial charge in [-0.15, -0.1) is 0 Å². The van der Waals surface area contributed by atoms with E-state index in [-0.39, 0.29) is 30.5 Å². The van der Waals surface area contributed by atoms with Crippen LogP contribution in [0.25, 0.3) is 11.0 Å². The summed E-state index contributed by atoms with van der Waals surface area (Å²) >= 11 is 0. The quantitative estimate of drug-likeness (QED) is 0.162. The number of carbonyl (C=O) groups excluding carboxylic acids is 2. The molecule has 0 saturated carbocycles. The molecule has 1 amide bonds. The zero-order chi connectivity index (χ0) is 26.8. The van der Waals surface area contributed by atoms with Gasteiger partial charge >= 0.3 is 5.97 Å². The predicted octanol–water partition coefficient (Wildman–Crippen LogP) is 4.05. The Balaban J connectivity index is 1.67. The van der Waals surface area contributed by atoms with Gasteiger partial charge in [0.25, 0.3) is 5.91 Å². The van der Waals surface area contributed by atoms with Gasteiger partial charge in [-0.25, -0.2) is 10.5 Å². The van der Waals surface area contributed by atoms with Crippen LogP contribution in [-0.4, -0.2) is 36.6 Å². The molecule has 198 valence electrons. The van der Waals surface area contributed by atoms with Crippen molar-refractivity contribution in [3.05, 3.63) is 70.2 Å². The Bertz CT molecular complexity index is 1250. The topological polar surface area (TPSA) is 120 Å². The number of hydrogen-bond donors (Lipinski definition) is 2. The molecule has 3 rings (SSSR count). The number of ether oxygens (including phenoxy) is 1. The number of aromatic nitrogens is 1. The zero-order valence-electron chi connectivity index (χ0n) is 21.8. The summed E-state index contributed by atoms with van der Waals surface area (Å²) in [6, 6.07) is 12.2. The minimum atomic E-state index is -1.12. The van der Waals surface area contributed by atoms with Crippen molar-refractivity contribution in [3.63, 3.8) is 0 Å². The Morgan fingerprint density at radius 3 is 2.65 bits per heavy atom. The SMILES string of the molecule is CCOC(=O)[C@@H](Cc1ccc2oc(CCCNc3ccccn3)cc(=O)c2c1)C(=O)NOCC(C)(C)C. The average Bonchev–Trinajstić information content (AvgIpc) is 2.85. The molecule has 2 N–H and O–H groups in total. The number of anilines is 1. The van der Waals surface area contributed by atoms with Crippen LogP contribution in [0.5, 0.6) is 0 Å². The Kier molecular flexibility index (Phi) is 9.79. The highest BCUT2D eigenvalue weighted by atomic mass is 16.7. The van der Waals surface area contributed by atoms with Gasteiger partial charge in [-0.3, -0.25) is 19.2 Å². The van der Waals surface area contributed by atoms with Gasteiger partial charge in [-0.1, -0.05) is 32.9 Å². The van der Waals surface area contributed by atoms with Crippen molar-refractivity contribution in [2.45, 2.75) is 47.0 Å². The van der Waals surface area contributed by atoms with Gasteiger partial charge in [0.15, 0.2) is 5.43 Å². The highest BCUT2D eigenvalue weighted by molar-refractivity contribution is 5.97. The van der Waals surface area contributed by atoms with E-state index in [0.717, 1.165) is 12.2 Å². The summed E-state index contributed by atoms with van der Waals surface area (Å²) in [5, 5.41) is 3.62. The van der Waals surface area contributed by atoms with Crippen molar-refractivity contribution in [1.82, 2.24) is 10.5 Å². The number of aryl methyl sites for hydroxylation is 1. The summed E-state index contributed by atoms with van der Waals surface area (Å²) in [7, 11) is 0. The van der Waals surface area contributed by atoms with Crippen LogP contribution >= 0.6 is 0 Å². The van der Waals surface area contributed by atoms with Crippen molar-refractivity contribution < 1.29 is 23.6 Å². The molecule has 1 atom stereocenters. The number of esters is 1. The van der Waals surface area contributed by atoms with E-state index in [1.54, 1.807) is 31.3 Å². The first-order valence-corrected chi connectivity index (χ1v) is 12.4. The number of carbonyl (C=O) groups is 2. The lowest BCUT2D eigenvalue weighted by atomic mass is 9.97. The van der Waals surface area contributed by atoms with Gasteiger partial charge in [0, 0.05) is 25.2 Å². The van der Waals surface area contributed by atoms with Crippen LogP contribution < -0.4 is 16.2 Å². The van der Waals surface area contributed by atoms with Crippen molar-refractivity contribution >= 4 is 28.7 Å². The first-order valence-electron chi connectivity index (χ1n) is 12.4. The lowest BCUT2D eigenvalue weighted by Crippen LogP contribution is -2.39. The predicted molar refractivity (Wildman–Crippen MR) is 141 cm³/mol. The molecule has 9 nitrogen and oxygen atoms in total. The van der Waals surface area contributed by atoms with E-state index < -0.39 is 17.8 Å². The van der Waals surface area contributed by atoms with E-state index in [1.807, 2.05) is 39.0 Å². The van der Waals surface area contributed by atoms with Gasteiger partial charge in [0.1, 0.15) is 23.1 Å². The molecule has 2 heterocycles. The maximum Gasteiger partial charge on any atom is 0.318 e. The van der Waals surface area contributed by atoms with Crippen LogP contribution in [0.4, 0.5) is 5.82 Å². The molecule has 0 aliphatic heterocycles. The third-order valence-electron chi connectivity index (χ3n) is 5.42. The average molecular weight is 510 g/mol. The van der Waals surface area contributed by atoms with Crippen LogP contribution in [0.15, 0.2) is 57.9 Å². The van der Waals surface area contributed by atoms with Gasteiger partial charge in [-0.05, 0) is 55.0 Å². The number of amides is 1. The summed E-state index contributed by atoms with van der Waals surface area (Å²) in [5.41, 5.74) is 3.11. The Morgan fingerprint density at radius 2 is 1.95 bits per heavy atom. The zero-order valence-corrected chi connectivity index (χ0v) is 21.8. The highest BCUT2D eigenvalue weighted by Crippen LogP contribution is 2.19. The van der Waals surface area contributed by atoms with Gasteiger partial charge < -0.3 is 14.5 Å². The Labute approximate surface area is 216 Å². The van der Waals surface area contributed by atoms with Crippen LogP contribution in [-0.2, 0) is 32.0 Å². The Morgan fingerprint density at radius 1 is 1.14 bits per heavy atom. The normalized spacial score (nSPS) is 12.2. The molecule has 0 fully saturated rings. The van der Waals surface area contributed by atoms with E-state index in [2.05, 4.69) is 15.8 Å². The molecule has 3 aromatic rings. The fourth-order valence-electron chi connectivity index (χ4n) is 3.61. The van der Waals surface area contributed by atoms with E-state index in [1.165, 1.54) is 6.07 Å². The third kappa shape index (κ3) is 8.71. The molecule has 0 aliphatic carbocycles. The van der Waals surface area contributed by atoms with Gasteiger partial charge in [0.05, 0.1) is 18.6 Å². The number of pyridine rings is 1. The van der Waals surface area contributed by atoms with E-state index in [0.29, 0.717) is 35.3 Å². The molecule has 0 unspecified atom stereocenters. The summed E-state index contributed by atoms with van der Waals surface area (Å²) < 4.78 is 11.0. The number of hydroxylamine groups is 1. The minimum Gasteiger partial charge on any atom is -0.465 e. The van der Waals surface area contributed by atoms with E-state index in [9.17, 15) is 14.4 Å². The lowest BCUT2D eigenvalue weighted by molar-refractivity contribution is -0.157. The van der Waals surface area contributed by atoms with Crippen molar-refractivity contribution in [3.8, 4) is 0 Å². The monoisotopic (exact) mass is 509 g/mol. The number of benzene rings is 1. The fraction of sp³-hybridized carbons (Fsp3) is 0.429. The summed E-state index contributed by atoms with van der Waals surface area (Å²) in [6.07, 6.45) is 3.13. The maximum absolute atomic E-state index is 12.8. The van der Waals surface area contributed by atoms with Crippen LogP contribution in [0.1, 0.15) is 45.4 Å². The fourth-order valence-corrected chi connectivity index (χ4v) is 3.61. The molecule has 0 saturated heterocycles. The summed E-state index contributed by atoms with van der Waals surface area (Å²) in [5.74, 6) is -0.973. The number of rotatable bonds is 12. The second-order valence-corrected chi connectivity index (χ2v) is 9.98. The molecule has 1 aromatic carbocycles. The molecule has 9 heteroatoms. The van der Waals surface area contributed by atoms with Crippen LogP contribution in [0.2, 0.25) is 0 Å². The molecule has 0 radical (unpaired) electrons. The first-order chi connectivity index (χ1) is 17.7. The first kappa shape index (κ1) is 27.9. The smallest absolute Gasteiger partial charge is 0.318 e. The second-order valence-electron chi connectivity index (χ2n) is 9.98. The largest absolute Gasteiger partial charge is 0.465 e. The van der Waals surface area contributed by atoms with Crippen LogP contribution in [0, 0.1) is 11.3 Å². The molecule has 0 aliphatic rings. The number of nitrogens with zero attached hydrogens (tertiary/aromatic N) is 1. The molecular weight excluding hydrogens is 474 g/mol. The van der Waals surface area contributed by atoms with Crippen molar-refractivity contribution in [2.75, 3.05) is 25.1 Å². The third-order valence-corrected chi connectivity index (χ3v) is 5.42. The molecule has 2 aromatic heterocycles. The number of fused-ring (bicyclic) bond motifs is 1. The minimum absolute atomic E-state index is 0.0554. The number of hydrogen-bond acceptors (Lipinski definition) is 8. The molecular formula is C28H35N3O6. The number of nitrogens with one attached hydrogen (secondary N) is 2. The summed E-state index contributed by atoms with van der Waals surface area (Å²) in [4.78, 5) is 47.6. The van der Waals surface area contributed by atoms with Crippen molar-refractivity contribution in [1.29, 1.82) is 0 Å². The van der Waals surface area contributed by atoms with E-state index >= 15 is 0 Å². The van der Waals surface area contributed by atoms with Gasteiger partial charge in [0.2, 0.25) is 0 Å². The molecule has 0 spiro atoms. The Hall–Kier alpha value is -3.72. The van der Waals surface area contributed by atoms with E-state index in [4.69, 9.17) is 14.0 Å². The van der Waals surface area contributed by atoms with Gasteiger partial charge in [-0.2, -0.15) is 0 Å².